The van der Waals surface area contributed by atoms with Gasteiger partial charge in [-0.25, -0.2) is 9.59 Å². The normalized spacial score (nSPS) is 10.9. The molecule has 0 N–H and O–H groups in total. The van der Waals surface area contributed by atoms with E-state index in [0.717, 1.165) is 50.2 Å². The van der Waals surface area contributed by atoms with Crippen molar-refractivity contribution < 1.29 is 61.9 Å². The van der Waals surface area contributed by atoms with Crippen molar-refractivity contribution in [3.05, 3.63) is 113 Å². The molecule has 352 valence electrons. The third kappa shape index (κ3) is 20.0. The molecular formula is C52H66O13. The fourth-order valence-corrected chi connectivity index (χ4v) is 6.55. The number of benzene rings is 3. The predicted molar refractivity (Wildman–Crippen MR) is 246 cm³/mol. The van der Waals surface area contributed by atoms with Crippen LogP contribution in [0.5, 0.6) is 5.75 Å². The summed E-state index contributed by atoms with van der Waals surface area (Å²) in [6, 6.07) is 23.0. The van der Waals surface area contributed by atoms with Crippen molar-refractivity contribution in [2.24, 2.45) is 5.41 Å². The van der Waals surface area contributed by atoms with Crippen LogP contribution in [0.3, 0.4) is 0 Å². The van der Waals surface area contributed by atoms with Gasteiger partial charge in [0.1, 0.15) is 50.4 Å². The second kappa shape index (κ2) is 28.5. The van der Waals surface area contributed by atoms with Crippen molar-refractivity contribution in [2.45, 2.75) is 104 Å². The monoisotopic (exact) mass is 898 g/mol. The van der Waals surface area contributed by atoms with Gasteiger partial charge in [0.15, 0.2) is 0 Å². The minimum absolute atomic E-state index is 0.0760. The maximum Gasteiger partial charge on any atom is 0.333 e. The lowest BCUT2D eigenvalue weighted by Crippen LogP contribution is -2.44. The first kappa shape index (κ1) is 53.1. The molecule has 0 aliphatic heterocycles. The summed E-state index contributed by atoms with van der Waals surface area (Å²) >= 11 is 0. The summed E-state index contributed by atoms with van der Waals surface area (Å²) < 4.78 is 37.3. The maximum absolute atomic E-state index is 12.7. The molecule has 13 heteroatoms. The molecule has 0 aromatic heterocycles. The van der Waals surface area contributed by atoms with E-state index in [4.69, 9.17) is 23.7 Å². The fraction of sp³-hybridized carbons (Fsp3) is 0.462. The van der Waals surface area contributed by atoms with Crippen LogP contribution in [0.4, 0.5) is 0 Å². The van der Waals surface area contributed by atoms with Crippen LogP contribution in [0, 0.1) is 5.41 Å². The number of unbranched alkanes of at least 4 members (excludes halogenated alkanes) is 5. The highest BCUT2D eigenvalue weighted by molar-refractivity contribution is 5.91. The van der Waals surface area contributed by atoms with Crippen LogP contribution in [-0.4, -0.2) is 83.1 Å². The van der Waals surface area contributed by atoms with E-state index in [2.05, 4.69) is 78.1 Å². The van der Waals surface area contributed by atoms with Crippen LogP contribution < -0.4 is 4.74 Å². The quantitative estimate of drug-likeness (QED) is 0.0205. The Labute approximate surface area is 383 Å². The average Bonchev–Trinajstić information content (AvgIpc) is 3.30. The first-order chi connectivity index (χ1) is 31.2. The van der Waals surface area contributed by atoms with Crippen LogP contribution in [0.2, 0.25) is 0 Å². The molecule has 65 heavy (non-hydrogen) atoms. The number of carbonyl (C=O) groups excluding carboxylic acids is 6. The zero-order chi connectivity index (χ0) is 47.6. The van der Waals surface area contributed by atoms with E-state index in [1.807, 2.05) is 12.1 Å². The van der Waals surface area contributed by atoms with E-state index in [0.29, 0.717) is 18.6 Å². The highest BCUT2D eigenvalue weighted by atomic mass is 16.6. The van der Waals surface area contributed by atoms with Crippen molar-refractivity contribution >= 4 is 35.8 Å². The number of aryl methyl sites for hydroxylation is 4. The molecule has 0 aliphatic rings. The Morgan fingerprint density at radius 1 is 0.508 bits per heavy atom. The molecule has 0 spiro atoms. The molecule has 0 saturated heterocycles. The Balaban J connectivity index is 1.86. The van der Waals surface area contributed by atoms with Gasteiger partial charge in [-0.15, -0.1) is 0 Å². The van der Waals surface area contributed by atoms with Gasteiger partial charge in [-0.2, -0.15) is 0 Å². The topological polar surface area (TPSA) is 167 Å². The van der Waals surface area contributed by atoms with Gasteiger partial charge >= 0.3 is 35.8 Å². The van der Waals surface area contributed by atoms with E-state index in [1.165, 1.54) is 62.1 Å². The highest BCUT2D eigenvalue weighted by Gasteiger charge is 2.38. The van der Waals surface area contributed by atoms with Crippen molar-refractivity contribution in [2.75, 3.05) is 47.3 Å². The molecule has 0 heterocycles. The van der Waals surface area contributed by atoms with Crippen molar-refractivity contribution in [1.82, 2.24) is 0 Å². The summed E-state index contributed by atoms with van der Waals surface area (Å²) in [5.41, 5.74) is 5.28. The van der Waals surface area contributed by atoms with Gasteiger partial charge in [0.2, 0.25) is 0 Å². The van der Waals surface area contributed by atoms with Gasteiger partial charge < -0.3 is 33.2 Å². The van der Waals surface area contributed by atoms with Gasteiger partial charge in [0.05, 0.1) is 20.8 Å². The number of methoxy groups -OCH3 is 2. The number of hydrogen-bond donors (Lipinski definition) is 0. The molecule has 0 radical (unpaired) electrons. The van der Waals surface area contributed by atoms with Crippen LogP contribution in [0.25, 0.3) is 11.1 Å². The standard InChI is InChI=1S/C52H66O13/c1-8-9-10-11-12-13-15-39-17-19-40(20-18-39)21-22-41-23-25-42(26-24-41)43-27-28-45(44(30-43)16-14-29-61-50(57)37(2)3)62-33-52(36-65-51(58)38(4)5,34-63-48(55)31-46(53)59-6)35-64-49(56)32-47(54)60-7/h17-20,23-28,30H,2,4,8-16,21-22,29,31-36H2,1,3,5-7H3. The molecule has 0 amide bonds. The van der Waals surface area contributed by atoms with Gasteiger partial charge in [-0.1, -0.05) is 107 Å². The minimum atomic E-state index is -1.55. The number of rotatable bonds is 30. The van der Waals surface area contributed by atoms with E-state index in [1.54, 1.807) is 13.0 Å². The largest absolute Gasteiger partial charge is 0.492 e. The van der Waals surface area contributed by atoms with E-state index < -0.39 is 73.9 Å². The van der Waals surface area contributed by atoms with Gasteiger partial charge in [0, 0.05) is 11.1 Å². The lowest BCUT2D eigenvalue weighted by molar-refractivity contribution is -0.165. The average molecular weight is 899 g/mol. The molecule has 0 atom stereocenters. The molecule has 3 aromatic carbocycles. The summed E-state index contributed by atoms with van der Waals surface area (Å²) in [5, 5.41) is 0. The third-order valence-corrected chi connectivity index (χ3v) is 10.6. The van der Waals surface area contributed by atoms with Crippen LogP contribution >= 0.6 is 0 Å². The van der Waals surface area contributed by atoms with Gasteiger partial charge in [-0.05, 0) is 97.9 Å². The summed E-state index contributed by atoms with van der Waals surface area (Å²) in [6.45, 7) is 10.7. The first-order valence-electron chi connectivity index (χ1n) is 22.2. The Kier molecular flexibility index (Phi) is 23.3. The zero-order valence-electron chi connectivity index (χ0n) is 38.8. The van der Waals surface area contributed by atoms with E-state index in [-0.39, 0.29) is 24.4 Å². The van der Waals surface area contributed by atoms with Crippen molar-refractivity contribution in [3.8, 4) is 16.9 Å². The molecule has 0 fully saturated rings. The lowest BCUT2D eigenvalue weighted by atomic mass is 9.91. The van der Waals surface area contributed by atoms with Crippen LogP contribution in [-0.2, 0) is 82.9 Å². The number of ether oxygens (including phenoxy) is 7. The summed E-state index contributed by atoms with van der Waals surface area (Å²) in [7, 11) is 2.23. The van der Waals surface area contributed by atoms with Crippen molar-refractivity contribution in [1.29, 1.82) is 0 Å². The Morgan fingerprint density at radius 2 is 0.985 bits per heavy atom. The highest BCUT2D eigenvalue weighted by Crippen LogP contribution is 2.31. The van der Waals surface area contributed by atoms with Crippen molar-refractivity contribution in [3.63, 3.8) is 0 Å². The van der Waals surface area contributed by atoms with Crippen LogP contribution in [0.15, 0.2) is 91.0 Å². The van der Waals surface area contributed by atoms with Gasteiger partial charge in [0.25, 0.3) is 0 Å². The van der Waals surface area contributed by atoms with E-state index in [9.17, 15) is 28.8 Å². The first-order valence-corrected chi connectivity index (χ1v) is 22.2. The second-order valence-corrected chi connectivity index (χ2v) is 16.3. The van der Waals surface area contributed by atoms with E-state index >= 15 is 0 Å². The number of hydrogen-bond acceptors (Lipinski definition) is 13. The smallest absolute Gasteiger partial charge is 0.333 e. The Hall–Kier alpha value is -6.24. The molecule has 0 unspecified atom stereocenters. The second-order valence-electron chi connectivity index (χ2n) is 16.3. The SMILES string of the molecule is C=C(C)C(=O)OCCCc1cc(-c2ccc(CCc3ccc(CCCCCCCC)cc3)cc2)ccc1OCC(COC(=O)CC(=O)OC)(COC(=O)CC(=O)OC)COC(=O)C(=C)C. The number of esters is 6. The zero-order valence-corrected chi connectivity index (χ0v) is 38.8. The summed E-state index contributed by atoms with van der Waals surface area (Å²) in [4.78, 5) is 73.7. The summed E-state index contributed by atoms with van der Waals surface area (Å²) in [6.07, 6.45) is 10.1. The number of carbonyl (C=O) groups is 6. The summed E-state index contributed by atoms with van der Waals surface area (Å²) in [5.74, 6) is -4.49. The molecule has 0 aliphatic carbocycles. The Morgan fingerprint density at radius 3 is 1.52 bits per heavy atom. The molecule has 13 nitrogen and oxygen atoms in total. The predicted octanol–water partition coefficient (Wildman–Crippen LogP) is 8.79. The fourth-order valence-electron chi connectivity index (χ4n) is 6.55. The molecule has 0 saturated carbocycles. The van der Waals surface area contributed by atoms with Gasteiger partial charge in [-0.3, -0.25) is 19.2 Å². The molecule has 0 bridgehead atoms. The maximum atomic E-state index is 12.7. The molecule has 3 rings (SSSR count). The lowest BCUT2D eigenvalue weighted by Gasteiger charge is -2.32. The Bertz CT molecular complexity index is 2020. The minimum Gasteiger partial charge on any atom is -0.492 e. The molecule has 3 aromatic rings. The molecular weight excluding hydrogens is 833 g/mol. The van der Waals surface area contributed by atoms with Crippen LogP contribution in [0.1, 0.15) is 101 Å². The third-order valence-electron chi connectivity index (χ3n) is 10.6.